The van der Waals surface area contributed by atoms with Crippen molar-refractivity contribution in [2.45, 2.75) is 149 Å². The number of fused-ring (bicyclic) bond motifs is 5. The lowest BCUT2D eigenvalue weighted by molar-refractivity contribution is -0.346. The van der Waals surface area contributed by atoms with Crippen molar-refractivity contribution in [3.63, 3.8) is 0 Å². The average Bonchev–Trinajstić information content (AvgIpc) is 3.32. The lowest BCUT2D eigenvalue weighted by Crippen LogP contribution is -2.70. The summed E-state index contributed by atoms with van der Waals surface area (Å²) in [5.74, 6) is 0.402. The van der Waals surface area contributed by atoms with Crippen LogP contribution in [0.1, 0.15) is 99.8 Å². The molecule has 8 nitrogen and oxygen atoms in total. The van der Waals surface area contributed by atoms with Crippen molar-refractivity contribution in [2.75, 3.05) is 6.61 Å². The summed E-state index contributed by atoms with van der Waals surface area (Å²) in [5.41, 5.74) is 1.32. The van der Waals surface area contributed by atoms with E-state index in [9.17, 15) is 30.6 Å². The average molecular weight is 621 g/mol. The predicted molar refractivity (Wildman–Crippen MR) is 168 cm³/mol. The maximum Gasteiger partial charge on any atom is 0.186 e. The number of rotatable bonds is 7. The van der Waals surface area contributed by atoms with Crippen molar-refractivity contribution in [3.8, 4) is 0 Å². The Morgan fingerprint density at radius 2 is 1.61 bits per heavy atom. The molecule has 0 amide bonds. The number of allylic oxidation sites excluding steroid dienone is 3. The third kappa shape index (κ3) is 5.18. The maximum absolute atomic E-state index is 12.0. The first kappa shape index (κ1) is 34.5. The first-order valence-electron chi connectivity index (χ1n) is 17.1. The van der Waals surface area contributed by atoms with Gasteiger partial charge in [0.1, 0.15) is 24.4 Å². The van der Waals surface area contributed by atoms with Gasteiger partial charge in [-0.2, -0.15) is 0 Å². The minimum absolute atomic E-state index is 0.0817. The summed E-state index contributed by atoms with van der Waals surface area (Å²) in [6.07, 6.45) is 0.758. The van der Waals surface area contributed by atoms with Crippen LogP contribution in [0.2, 0.25) is 0 Å². The monoisotopic (exact) mass is 620 g/mol. The number of aliphatic hydroxyl groups excluding tert-OH is 6. The molecule has 5 rings (SSSR count). The molecular weight excluding hydrogens is 560 g/mol. The second kappa shape index (κ2) is 12.0. The SMILES string of the molecule is C=C(CCC=C(C)C)[C@H]1CC[C@]2(C)C1[C@H](O)C[C@@H]1[C@@]3(C)CC[C@H](O)C(C)(C)[C@@H]3[C@@H](O[C@@H]3O[C@H](CO)[C@@H](O)[C@H](O)[C@H]3O)C[C@]12C. The van der Waals surface area contributed by atoms with Gasteiger partial charge in [0.2, 0.25) is 0 Å². The van der Waals surface area contributed by atoms with E-state index >= 15 is 0 Å². The molecule has 1 heterocycles. The van der Waals surface area contributed by atoms with Crippen LogP contribution in [0.5, 0.6) is 0 Å². The van der Waals surface area contributed by atoms with Crippen LogP contribution in [0.15, 0.2) is 23.8 Å². The molecule has 4 saturated carbocycles. The summed E-state index contributed by atoms with van der Waals surface area (Å²) in [6.45, 7) is 19.5. The highest BCUT2D eigenvalue weighted by Crippen LogP contribution is 2.76. The summed E-state index contributed by atoms with van der Waals surface area (Å²) in [4.78, 5) is 0. The lowest BCUT2D eigenvalue weighted by atomic mass is 9.34. The van der Waals surface area contributed by atoms with Crippen molar-refractivity contribution in [1.29, 1.82) is 0 Å². The fourth-order valence-electron chi connectivity index (χ4n) is 11.6. The van der Waals surface area contributed by atoms with E-state index in [1.807, 2.05) is 0 Å². The van der Waals surface area contributed by atoms with Crippen LogP contribution in [-0.2, 0) is 9.47 Å². The van der Waals surface area contributed by atoms with Crippen LogP contribution in [-0.4, -0.2) is 86.3 Å². The predicted octanol–water partition coefficient (Wildman–Crippen LogP) is 4.10. The Kier molecular flexibility index (Phi) is 9.40. The van der Waals surface area contributed by atoms with Crippen LogP contribution >= 0.6 is 0 Å². The molecule has 1 saturated heterocycles. The zero-order chi connectivity index (χ0) is 32.6. The molecule has 1 aliphatic heterocycles. The fourth-order valence-corrected chi connectivity index (χ4v) is 11.6. The van der Waals surface area contributed by atoms with Crippen molar-refractivity contribution >= 4 is 0 Å². The molecule has 0 aromatic carbocycles. The molecule has 1 unspecified atom stereocenters. The number of ether oxygens (including phenoxy) is 2. The van der Waals surface area contributed by atoms with Crippen LogP contribution in [0.3, 0.4) is 0 Å². The summed E-state index contributed by atoms with van der Waals surface area (Å²) in [5, 5.41) is 65.2. The van der Waals surface area contributed by atoms with Crippen LogP contribution in [0, 0.1) is 45.3 Å². The van der Waals surface area contributed by atoms with Gasteiger partial charge in [-0.3, -0.25) is 0 Å². The van der Waals surface area contributed by atoms with Crippen molar-refractivity contribution in [2.24, 2.45) is 45.3 Å². The lowest BCUT2D eigenvalue weighted by Gasteiger charge is -2.72. The standard InChI is InChI=1S/C36H60O8/c1-19(2)10-9-11-20(3)21-12-15-35(7)27(21)22(38)16-25-34(6)14-13-26(39)33(4,5)31(34)23(17-36(25,35)8)43-32-30(42)29(41)28(40)24(18-37)44-32/h10,21-32,37-42H,3,9,11-18H2,1-2,4-8H3/t21-,22-,23+,24-,25-,26+,27?,28-,29+,30-,31+,32-,34-,35-,36-/m1/s1. The van der Waals surface area contributed by atoms with Gasteiger partial charge in [0.05, 0.1) is 24.9 Å². The van der Waals surface area contributed by atoms with Gasteiger partial charge in [0.25, 0.3) is 0 Å². The first-order valence-corrected chi connectivity index (χ1v) is 17.1. The van der Waals surface area contributed by atoms with Gasteiger partial charge in [-0.05, 0) is 111 Å². The van der Waals surface area contributed by atoms with Crippen molar-refractivity contribution in [1.82, 2.24) is 0 Å². The Balaban J connectivity index is 1.53. The molecule has 8 heteroatoms. The van der Waals surface area contributed by atoms with Gasteiger partial charge >= 0.3 is 0 Å². The van der Waals surface area contributed by atoms with Crippen LogP contribution in [0.4, 0.5) is 0 Å². The summed E-state index contributed by atoms with van der Waals surface area (Å²) in [6, 6.07) is 0. The van der Waals surface area contributed by atoms with E-state index in [2.05, 4.69) is 61.1 Å². The number of hydrogen-bond donors (Lipinski definition) is 6. The minimum atomic E-state index is -1.52. The van der Waals surface area contributed by atoms with E-state index in [1.165, 1.54) is 11.1 Å². The second-order valence-corrected chi connectivity index (χ2v) is 16.8. The molecule has 15 atom stereocenters. The molecule has 0 aromatic heterocycles. The molecule has 4 aliphatic carbocycles. The Morgan fingerprint density at radius 1 is 0.932 bits per heavy atom. The summed E-state index contributed by atoms with van der Waals surface area (Å²) in [7, 11) is 0. The molecule has 6 N–H and O–H groups in total. The Bertz CT molecular complexity index is 1100. The molecule has 44 heavy (non-hydrogen) atoms. The summed E-state index contributed by atoms with van der Waals surface area (Å²) >= 11 is 0. The molecule has 0 spiro atoms. The smallest absolute Gasteiger partial charge is 0.186 e. The highest BCUT2D eigenvalue weighted by atomic mass is 16.7. The fraction of sp³-hybridized carbons (Fsp3) is 0.889. The van der Waals surface area contributed by atoms with Gasteiger partial charge in [0, 0.05) is 0 Å². The van der Waals surface area contributed by atoms with Crippen LogP contribution in [0.25, 0.3) is 0 Å². The highest BCUT2D eigenvalue weighted by Gasteiger charge is 2.72. The molecule has 0 aromatic rings. The van der Waals surface area contributed by atoms with E-state index in [0.717, 1.165) is 32.1 Å². The Hall–Kier alpha value is -0.840. The topological polar surface area (TPSA) is 140 Å². The molecule has 5 aliphatic rings. The van der Waals surface area contributed by atoms with E-state index in [4.69, 9.17) is 9.47 Å². The van der Waals surface area contributed by atoms with Gasteiger partial charge < -0.3 is 40.1 Å². The van der Waals surface area contributed by atoms with Gasteiger partial charge in [-0.25, -0.2) is 0 Å². The largest absolute Gasteiger partial charge is 0.394 e. The molecular formula is C36H60O8. The Morgan fingerprint density at radius 3 is 2.25 bits per heavy atom. The highest BCUT2D eigenvalue weighted by molar-refractivity contribution is 5.24. The van der Waals surface area contributed by atoms with Crippen molar-refractivity contribution in [3.05, 3.63) is 23.8 Å². The Labute approximate surface area is 264 Å². The van der Waals surface area contributed by atoms with Gasteiger partial charge in [-0.15, -0.1) is 0 Å². The quantitative estimate of drug-likeness (QED) is 0.185. The summed E-state index contributed by atoms with van der Waals surface area (Å²) < 4.78 is 12.6. The normalized spacial score (nSPS) is 51.6. The second-order valence-electron chi connectivity index (χ2n) is 16.8. The zero-order valence-electron chi connectivity index (χ0n) is 28.1. The number of aliphatic hydroxyl groups is 6. The molecule has 0 bridgehead atoms. The number of hydrogen-bond acceptors (Lipinski definition) is 8. The van der Waals surface area contributed by atoms with Gasteiger partial charge in [-0.1, -0.05) is 58.4 Å². The van der Waals surface area contributed by atoms with E-state index < -0.39 is 61.0 Å². The molecule has 5 fully saturated rings. The third-order valence-electron chi connectivity index (χ3n) is 13.9. The molecule has 252 valence electrons. The van der Waals surface area contributed by atoms with E-state index in [-0.39, 0.29) is 39.9 Å². The van der Waals surface area contributed by atoms with E-state index in [1.54, 1.807) is 0 Å². The van der Waals surface area contributed by atoms with E-state index in [0.29, 0.717) is 19.3 Å². The minimum Gasteiger partial charge on any atom is -0.394 e. The third-order valence-corrected chi connectivity index (χ3v) is 13.9. The molecule has 0 radical (unpaired) electrons. The zero-order valence-corrected chi connectivity index (χ0v) is 28.1. The van der Waals surface area contributed by atoms with Crippen molar-refractivity contribution < 1.29 is 40.1 Å². The van der Waals surface area contributed by atoms with Crippen LogP contribution < -0.4 is 0 Å². The van der Waals surface area contributed by atoms with Gasteiger partial charge in [0.15, 0.2) is 6.29 Å². The first-order chi connectivity index (χ1) is 20.4. The maximum atomic E-state index is 12.0.